The minimum absolute atomic E-state index is 0.677. The molecule has 0 aliphatic rings. The predicted octanol–water partition coefficient (Wildman–Crippen LogP) is 3.12. The molecule has 0 unspecified atom stereocenters. The van der Waals surface area contributed by atoms with Gasteiger partial charge in [0.1, 0.15) is 0 Å². The highest BCUT2D eigenvalue weighted by molar-refractivity contribution is 6.68. The van der Waals surface area contributed by atoms with E-state index in [2.05, 4.69) is 0 Å². The van der Waals surface area contributed by atoms with E-state index in [1.807, 2.05) is 0 Å². The van der Waals surface area contributed by atoms with Crippen molar-refractivity contribution in [3.8, 4) is 0 Å². The molecule has 0 aromatic heterocycles. The molecule has 0 aliphatic carbocycles. The number of halogens is 6. The van der Waals surface area contributed by atoms with E-state index in [0.29, 0.717) is 0 Å². The maximum absolute atomic E-state index is 12.7. The number of benzene rings is 1. The van der Waals surface area contributed by atoms with E-state index in [4.69, 9.17) is 34.8 Å². The zero-order valence-corrected chi connectivity index (χ0v) is 11.3. The van der Waals surface area contributed by atoms with Gasteiger partial charge in [-0.2, -0.15) is 13.2 Å². The monoisotopic (exact) mass is 335 g/mol. The molecule has 0 fully saturated rings. The maximum Gasteiger partial charge on any atom is 0.417 e. The lowest BCUT2D eigenvalue weighted by atomic mass is 10.1. The van der Waals surface area contributed by atoms with E-state index < -0.39 is 33.2 Å². The molecule has 0 radical (unpaired) electrons. The lowest BCUT2D eigenvalue weighted by Crippen LogP contribution is -2.44. The molecule has 9 heteroatoms. The highest BCUT2D eigenvalue weighted by atomic mass is 35.6. The predicted molar refractivity (Wildman–Crippen MR) is 65.2 cm³/mol. The van der Waals surface area contributed by atoms with E-state index in [1.165, 1.54) is 6.07 Å². The summed E-state index contributed by atoms with van der Waals surface area (Å²) in [5.74, 6) is -1.20. The van der Waals surface area contributed by atoms with E-state index in [0.717, 1.165) is 18.2 Å². The van der Waals surface area contributed by atoms with E-state index in [-0.39, 0.29) is 0 Å². The first kappa shape index (κ1) is 16.4. The van der Waals surface area contributed by atoms with Gasteiger partial charge in [0.05, 0.1) is 11.1 Å². The van der Waals surface area contributed by atoms with Gasteiger partial charge in [0.2, 0.25) is 3.79 Å². The molecule has 1 amide bonds. The molecule has 1 atom stereocenters. The number of hydrogen-bond acceptors (Lipinski definition) is 2. The van der Waals surface area contributed by atoms with Crippen LogP contribution in [-0.4, -0.2) is 21.0 Å². The molecule has 1 aromatic carbocycles. The third kappa shape index (κ3) is 4.42. The molecule has 0 bridgehead atoms. The molecule has 2 N–H and O–H groups in total. The molecule has 106 valence electrons. The first-order valence-corrected chi connectivity index (χ1v) is 5.88. The zero-order chi connectivity index (χ0) is 14.8. The van der Waals surface area contributed by atoms with Crippen LogP contribution in [0.4, 0.5) is 13.2 Å². The summed E-state index contributed by atoms with van der Waals surface area (Å²) in [6.45, 7) is 0. The minimum atomic E-state index is -4.71. The van der Waals surface area contributed by atoms with Gasteiger partial charge in [-0.05, 0) is 12.1 Å². The van der Waals surface area contributed by atoms with Crippen molar-refractivity contribution in [1.29, 1.82) is 0 Å². The molecule has 0 saturated carbocycles. The van der Waals surface area contributed by atoms with Crippen LogP contribution in [0.15, 0.2) is 24.3 Å². The molecule has 0 heterocycles. The van der Waals surface area contributed by atoms with E-state index in [9.17, 15) is 23.1 Å². The van der Waals surface area contributed by atoms with Gasteiger partial charge in [-0.15, -0.1) is 0 Å². The van der Waals surface area contributed by atoms with Crippen molar-refractivity contribution in [2.45, 2.75) is 16.2 Å². The number of alkyl halides is 6. The molecule has 3 nitrogen and oxygen atoms in total. The minimum Gasteiger partial charge on any atom is -0.369 e. The van der Waals surface area contributed by atoms with Gasteiger partial charge < -0.3 is 10.4 Å². The molecule has 1 rings (SSSR count). The van der Waals surface area contributed by atoms with Gasteiger partial charge in [0.15, 0.2) is 6.23 Å². The van der Waals surface area contributed by atoms with Gasteiger partial charge >= 0.3 is 6.18 Å². The van der Waals surface area contributed by atoms with Crippen LogP contribution in [0.3, 0.4) is 0 Å². The Morgan fingerprint density at radius 3 is 2.21 bits per heavy atom. The second kappa shape index (κ2) is 5.75. The van der Waals surface area contributed by atoms with Gasteiger partial charge in [-0.1, -0.05) is 46.9 Å². The largest absolute Gasteiger partial charge is 0.417 e. The number of amides is 1. The number of nitrogens with one attached hydrogen (secondary N) is 1. The van der Waals surface area contributed by atoms with Crippen LogP contribution in [0.1, 0.15) is 15.9 Å². The summed E-state index contributed by atoms with van der Waals surface area (Å²) in [5, 5.41) is 11.1. The van der Waals surface area contributed by atoms with Crippen LogP contribution in [-0.2, 0) is 6.18 Å². The quantitative estimate of drug-likeness (QED) is 0.644. The summed E-state index contributed by atoms with van der Waals surface area (Å²) in [7, 11) is 0. The summed E-state index contributed by atoms with van der Waals surface area (Å²) in [4.78, 5) is 11.6. The van der Waals surface area contributed by atoms with Crippen molar-refractivity contribution in [2.75, 3.05) is 0 Å². The van der Waals surface area contributed by atoms with Crippen molar-refractivity contribution in [1.82, 2.24) is 5.32 Å². The second-order valence-corrected chi connectivity index (χ2v) is 5.83. The molecule has 0 spiro atoms. The highest BCUT2D eigenvalue weighted by Crippen LogP contribution is 2.32. The molecule has 0 saturated heterocycles. The fraction of sp³-hybridized carbons (Fsp3) is 0.300. The zero-order valence-electron chi connectivity index (χ0n) is 9.01. The molecule has 0 aliphatic heterocycles. The number of aliphatic hydroxyl groups is 1. The Kier molecular flexibility index (Phi) is 4.95. The Bertz CT molecular complexity index is 474. The van der Waals surface area contributed by atoms with Crippen LogP contribution >= 0.6 is 34.8 Å². The molecular weight excluding hydrogens is 329 g/mol. The number of hydrogen-bond donors (Lipinski definition) is 2. The SMILES string of the molecule is O=C(N[C@H](O)C(Cl)(Cl)Cl)c1ccccc1C(F)(F)F. The molecule has 1 aromatic rings. The van der Waals surface area contributed by atoms with Crippen molar-refractivity contribution >= 4 is 40.7 Å². The normalized spacial score (nSPS) is 14.1. The lowest BCUT2D eigenvalue weighted by molar-refractivity contribution is -0.138. The van der Waals surface area contributed by atoms with Crippen LogP contribution in [0, 0.1) is 0 Å². The number of carbonyl (C=O) groups is 1. The summed E-state index contributed by atoms with van der Waals surface area (Å²) in [5.41, 5.74) is -1.83. The molecule has 19 heavy (non-hydrogen) atoms. The Labute approximate surface area is 121 Å². The Morgan fingerprint density at radius 1 is 1.21 bits per heavy atom. The van der Waals surface area contributed by atoms with Crippen molar-refractivity contribution < 1.29 is 23.1 Å². The second-order valence-electron chi connectivity index (χ2n) is 3.46. The Balaban J connectivity index is 3.02. The van der Waals surface area contributed by atoms with Gasteiger partial charge in [0.25, 0.3) is 5.91 Å². The van der Waals surface area contributed by atoms with Gasteiger partial charge in [-0.3, -0.25) is 4.79 Å². The number of aliphatic hydroxyl groups excluding tert-OH is 1. The summed E-state index contributed by atoms with van der Waals surface area (Å²) in [6.07, 6.45) is -6.65. The standard InChI is InChI=1S/C10H7Cl3F3NO2/c11-9(12,13)8(19)17-7(18)5-3-1-2-4-6(5)10(14,15)16/h1-4,8,19H,(H,17,18)/t8-/m1/s1. The molecular formula is C10H7Cl3F3NO2. The Hall–Kier alpha value is -0.690. The highest BCUT2D eigenvalue weighted by Gasteiger charge is 2.37. The van der Waals surface area contributed by atoms with Crippen LogP contribution in [0.2, 0.25) is 0 Å². The first-order valence-electron chi connectivity index (χ1n) is 4.75. The topological polar surface area (TPSA) is 49.3 Å². The van der Waals surface area contributed by atoms with Crippen LogP contribution in [0.5, 0.6) is 0 Å². The smallest absolute Gasteiger partial charge is 0.369 e. The fourth-order valence-corrected chi connectivity index (χ4v) is 1.38. The third-order valence-electron chi connectivity index (χ3n) is 2.05. The summed E-state index contributed by atoms with van der Waals surface area (Å²) < 4.78 is 35.7. The van der Waals surface area contributed by atoms with Gasteiger partial charge in [-0.25, -0.2) is 0 Å². The first-order chi connectivity index (χ1) is 8.53. The maximum atomic E-state index is 12.7. The average Bonchev–Trinajstić information content (AvgIpc) is 2.26. The average molecular weight is 337 g/mol. The summed E-state index contributed by atoms with van der Waals surface area (Å²) >= 11 is 15.9. The van der Waals surface area contributed by atoms with Crippen molar-refractivity contribution in [3.05, 3.63) is 35.4 Å². The third-order valence-corrected chi connectivity index (χ3v) is 2.68. The Morgan fingerprint density at radius 2 is 1.74 bits per heavy atom. The van der Waals surface area contributed by atoms with Crippen LogP contribution in [0.25, 0.3) is 0 Å². The lowest BCUT2D eigenvalue weighted by Gasteiger charge is -2.21. The van der Waals surface area contributed by atoms with E-state index >= 15 is 0 Å². The fourth-order valence-electron chi connectivity index (χ4n) is 1.21. The van der Waals surface area contributed by atoms with Crippen LogP contribution < -0.4 is 5.32 Å². The number of carbonyl (C=O) groups excluding carboxylic acids is 1. The van der Waals surface area contributed by atoms with Gasteiger partial charge in [0, 0.05) is 0 Å². The van der Waals surface area contributed by atoms with E-state index in [1.54, 1.807) is 5.32 Å². The van der Waals surface area contributed by atoms with Crippen molar-refractivity contribution in [3.63, 3.8) is 0 Å². The number of rotatable bonds is 2. The summed E-state index contributed by atoms with van der Waals surface area (Å²) in [6, 6.07) is 4.05. The van der Waals surface area contributed by atoms with Crippen molar-refractivity contribution in [2.24, 2.45) is 0 Å².